The number of aryl methyl sites for hydroxylation is 2. The fourth-order valence-corrected chi connectivity index (χ4v) is 3.43. The predicted molar refractivity (Wildman–Crippen MR) is 103 cm³/mol. The first-order chi connectivity index (χ1) is 13.1. The van der Waals surface area contributed by atoms with E-state index >= 15 is 0 Å². The number of benzene rings is 1. The Hall–Kier alpha value is -3.12. The summed E-state index contributed by atoms with van der Waals surface area (Å²) in [6.07, 6.45) is 3.51. The van der Waals surface area contributed by atoms with E-state index in [4.69, 9.17) is 5.26 Å². The molecule has 27 heavy (non-hydrogen) atoms. The number of para-hydroxylation sites is 1. The number of amides is 1. The number of anilines is 1. The van der Waals surface area contributed by atoms with Crippen LogP contribution in [-0.2, 0) is 18.4 Å². The van der Waals surface area contributed by atoms with Gasteiger partial charge in [-0.05, 0) is 12.1 Å². The van der Waals surface area contributed by atoms with Crippen molar-refractivity contribution in [3.05, 3.63) is 47.1 Å². The molecule has 1 N–H and O–H groups in total. The highest BCUT2D eigenvalue weighted by Crippen LogP contribution is 2.27. The van der Waals surface area contributed by atoms with Crippen LogP contribution in [-0.4, -0.2) is 31.0 Å². The third kappa shape index (κ3) is 4.35. The number of aromatic nitrogens is 4. The van der Waals surface area contributed by atoms with E-state index in [0.29, 0.717) is 28.9 Å². The lowest BCUT2D eigenvalue weighted by Crippen LogP contribution is -2.23. The molecule has 0 saturated carbocycles. The van der Waals surface area contributed by atoms with Gasteiger partial charge >= 0.3 is 0 Å². The van der Waals surface area contributed by atoms with Crippen molar-refractivity contribution in [3.8, 4) is 6.07 Å². The Labute approximate surface area is 159 Å². The maximum absolute atomic E-state index is 12.4. The van der Waals surface area contributed by atoms with Crippen molar-refractivity contribution in [2.45, 2.75) is 24.3 Å². The van der Waals surface area contributed by atoms with Crippen LogP contribution in [0.4, 0.5) is 5.69 Å². The molecule has 9 heteroatoms. The monoisotopic (exact) mass is 382 g/mol. The highest BCUT2D eigenvalue weighted by molar-refractivity contribution is 7.99. The number of carbonyl (C=O) groups excluding carboxylic acids is 1. The van der Waals surface area contributed by atoms with Gasteiger partial charge in [-0.1, -0.05) is 12.1 Å². The van der Waals surface area contributed by atoms with Crippen molar-refractivity contribution in [2.24, 2.45) is 7.05 Å². The van der Waals surface area contributed by atoms with E-state index < -0.39 is 0 Å². The van der Waals surface area contributed by atoms with E-state index in [1.807, 2.05) is 24.3 Å². The number of nitriles is 1. The van der Waals surface area contributed by atoms with Gasteiger partial charge in [0.25, 0.3) is 5.56 Å². The molecule has 0 radical (unpaired) electrons. The van der Waals surface area contributed by atoms with E-state index in [9.17, 15) is 9.59 Å². The lowest BCUT2D eigenvalue weighted by atomic mass is 10.3. The SMILES string of the molecule is Cn1ncc2c(=O)n(CCC(=O)Nc3ccccc3SCCC#N)cnc21. The number of rotatable bonds is 7. The van der Waals surface area contributed by atoms with Gasteiger partial charge in [-0.2, -0.15) is 10.4 Å². The molecule has 2 heterocycles. The molecule has 8 nitrogen and oxygen atoms in total. The summed E-state index contributed by atoms with van der Waals surface area (Å²) in [5, 5.41) is 16.0. The van der Waals surface area contributed by atoms with E-state index in [1.165, 1.54) is 33.5 Å². The molecule has 3 rings (SSSR count). The zero-order valence-electron chi connectivity index (χ0n) is 14.8. The molecule has 0 aliphatic heterocycles. The summed E-state index contributed by atoms with van der Waals surface area (Å²) in [4.78, 5) is 29.9. The van der Waals surface area contributed by atoms with E-state index in [-0.39, 0.29) is 24.4 Å². The molecular formula is C18H18N6O2S. The van der Waals surface area contributed by atoms with E-state index in [1.54, 1.807) is 7.05 Å². The zero-order chi connectivity index (χ0) is 19.2. The van der Waals surface area contributed by atoms with Crippen LogP contribution in [0.5, 0.6) is 0 Å². The molecule has 138 valence electrons. The van der Waals surface area contributed by atoms with Crippen molar-refractivity contribution in [3.63, 3.8) is 0 Å². The van der Waals surface area contributed by atoms with Gasteiger partial charge in [0.1, 0.15) is 5.39 Å². The maximum atomic E-state index is 12.4. The minimum Gasteiger partial charge on any atom is -0.325 e. The second kappa shape index (κ2) is 8.51. The summed E-state index contributed by atoms with van der Waals surface area (Å²) in [5.41, 5.74) is 1.01. The highest BCUT2D eigenvalue weighted by Gasteiger charge is 2.11. The Kier molecular flexibility index (Phi) is 5.88. The van der Waals surface area contributed by atoms with Crippen LogP contribution in [0.3, 0.4) is 0 Å². The Morgan fingerprint density at radius 1 is 1.37 bits per heavy atom. The van der Waals surface area contributed by atoms with Gasteiger partial charge in [-0.25, -0.2) is 4.98 Å². The summed E-state index contributed by atoms with van der Waals surface area (Å²) >= 11 is 1.52. The van der Waals surface area contributed by atoms with Gasteiger partial charge in [0.15, 0.2) is 5.65 Å². The predicted octanol–water partition coefficient (Wildman–Crippen LogP) is 2.16. The van der Waals surface area contributed by atoms with Crippen LogP contribution >= 0.6 is 11.8 Å². The fraction of sp³-hybridized carbons (Fsp3) is 0.278. The minimum absolute atomic E-state index is 0.143. The Bertz CT molecular complexity index is 1070. The molecule has 3 aromatic rings. The van der Waals surface area contributed by atoms with Crippen LogP contribution in [0, 0.1) is 11.3 Å². The molecule has 0 aliphatic carbocycles. The van der Waals surface area contributed by atoms with E-state index in [0.717, 1.165) is 4.90 Å². The first-order valence-corrected chi connectivity index (χ1v) is 9.34. The summed E-state index contributed by atoms with van der Waals surface area (Å²) in [6.45, 7) is 0.228. The van der Waals surface area contributed by atoms with Gasteiger partial charge < -0.3 is 5.32 Å². The number of carbonyl (C=O) groups is 1. The maximum Gasteiger partial charge on any atom is 0.264 e. The Morgan fingerprint density at radius 3 is 3.00 bits per heavy atom. The summed E-state index contributed by atoms with van der Waals surface area (Å²) in [6, 6.07) is 9.56. The first kappa shape index (κ1) is 18.7. The van der Waals surface area contributed by atoms with Gasteiger partial charge in [-0.15, -0.1) is 11.8 Å². The van der Waals surface area contributed by atoms with Crippen LogP contribution < -0.4 is 10.9 Å². The molecule has 1 amide bonds. The highest BCUT2D eigenvalue weighted by atomic mass is 32.2. The number of nitrogens with zero attached hydrogens (tertiary/aromatic N) is 5. The average molecular weight is 382 g/mol. The van der Waals surface area contributed by atoms with Gasteiger partial charge in [0, 0.05) is 37.1 Å². The number of hydrogen-bond acceptors (Lipinski definition) is 6. The lowest BCUT2D eigenvalue weighted by molar-refractivity contribution is -0.116. The first-order valence-electron chi connectivity index (χ1n) is 8.36. The number of nitrogens with one attached hydrogen (secondary N) is 1. The second-order valence-electron chi connectivity index (χ2n) is 5.80. The van der Waals surface area contributed by atoms with Crippen LogP contribution in [0.2, 0.25) is 0 Å². The standard InChI is InChI=1S/C18H18N6O2S/c1-23-17-13(11-21-23)18(26)24(12-20-17)9-7-16(25)22-14-5-2-3-6-15(14)27-10-4-8-19/h2-3,5-6,11-12H,4,7,9-10H2,1H3,(H,22,25). The van der Waals surface area contributed by atoms with Crippen LogP contribution in [0.1, 0.15) is 12.8 Å². The molecule has 0 bridgehead atoms. The van der Waals surface area contributed by atoms with Crippen molar-refractivity contribution >= 4 is 34.4 Å². The number of hydrogen-bond donors (Lipinski definition) is 1. The van der Waals surface area contributed by atoms with Gasteiger partial charge in [0.2, 0.25) is 5.91 Å². The van der Waals surface area contributed by atoms with Gasteiger partial charge in [-0.3, -0.25) is 18.8 Å². The van der Waals surface area contributed by atoms with Gasteiger partial charge in [0.05, 0.1) is 24.3 Å². The molecule has 0 atom stereocenters. The largest absolute Gasteiger partial charge is 0.325 e. The molecule has 2 aromatic heterocycles. The molecule has 0 aliphatic rings. The summed E-state index contributed by atoms with van der Waals surface area (Å²) < 4.78 is 2.95. The lowest BCUT2D eigenvalue weighted by Gasteiger charge is -2.11. The second-order valence-corrected chi connectivity index (χ2v) is 6.94. The molecule has 0 unspecified atom stereocenters. The normalized spacial score (nSPS) is 10.7. The third-order valence-corrected chi connectivity index (χ3v) is 5.01. The third-order valence-electron chi connectivity index (χ3n) is 3.93. The Balaban J connectivity index is 1.65. The Morgan fingerprint density at radius 2 is 2.19 bits per heavy atom. The molecule has 1 aromatic carbocycles. The minimum atomic E-state index is -0.214. The van der Waals surface area contributed by atoms with Crippen LogP contribution in [0.25, 0.3) is 11.0 Å². The van der Waals surface area contributed by atoms with Crippen LogP contribution in [0.15, 0.2) is 46.5 Å². The molecular weight excluding hydrogens is 364 g/mol. The van der Waals surface area contributed by atoms with Crippen molar-refractivity contribution in [2.75, 3.05) is 11.1 Å². The smallest absolute Gasteiger partial charge is 0.264 e. The topological polar surface area (TPSA) is 106 Å². The summed E-state index contributed by atoms with van der Waals surface area (Å²) in [5.74, 6) is 0.469. The molecule has 0 fully saturated rings. The number of thioether (sulfide) groups is 1. The molecule has 0 spiro atoms. The quantitative estimate of drug-likeness (QED) is 0.496. The zero-order valence-corrected chi connectivity index (χ0v) is 15.6. The fourth-order valence-electron chi connectivity index (χ4n) is 2.56. The average Bonchev–Trinajstić information content (AvgIpc) is 3.04. The van der Waals surface area contributed by atoms with Crippen molar-refractivity contribution in [1.82, 2.24) is 19.3 Å². The van der Waals surface area contributed by atoms with E-state index in [2.05, 4.69) is 21.5 Å². The van der Waals surface area contributed by atoms with Crippen molar-refractivity contribution in [1.29, 1.82) is 5.26 Å². The summed E-state index contributed by atoms with van der Waals surface area (Å²) in [7, 11) is 1.72. The van der Waals surface area contributed by atoms with Crippen molar-refractivity contribution < 1.29 is 4.79 Å². The molecule has 0 saturated heterocycles. The number of fused-ring (bicyclic) bond motifs is 1.